The first-order valence-electron chi connectivity index (χ1n) is 8.50. The van der Waals surface area contributed by atoms with Crippen molar-refractivity contribution in [1.82, 2.24) is 0 Å². The molecule has 2 aromatic carbocycles. The molecule has 132 valence electrons. The third kappa shape index (κ3) is 3.75. The Bertz CT molecular complexity index is 1030. The van der Waals surface area contributed by atoms with Crippen LogP contribution in [0.5, 0.6) is 5.75 Å². The van der Waals surface area contributed by atoms with Gasteiger partial charge in [-0.1, -0.05) is 12.1 Å². The molecule has 4 nitrogen and oxygen atoms in total. The largest absolute Gasteiger partial charge is 0.493 e. The summed E-state index contributed by atoms with van der Waals surface area (Å²) in [6.45, 7) is 4.70. The standard InChI is InChI=1S/C20H19BO4S/c1-12-11-15(24-9-5-6-10-25-20(21)23)13(2)17-18(22)14-7-3-4-8-16(14)26-19(12)17/h3-4,7-8,11H,5-6,9-10H2,1-2H3. The molecule has 0 aliphatic carbocycles. The van der Waals surface area contributed by atoms with Gasteiger partial charge in [0.15, 0.2) is 5.43 Å². The number of fused-ring (bicyclic) bond motifs is 2. The van der Waals surface area contributed by atoms with Crippen LogP contribution in [0.2, 0.25) is 0 Å². The number of ether oxygens (including phenoxy) is 2. The number of hydrogen-bond donors (Lipinski definition) is 0. The normalized spacial score (nSPS) is 11.0. The van der Waals surface area contributed by atoms with Crippen LogP contribution in [0, 0.1) is 13.8 Å². The van der Waals surface area contributed by atoms with Crippen molar-refractivity contribution in [3.63, 3.8) is 0 Å². The molecule has 1 heterocycles. The molecule has 2 radical (unpaired) electrons. The maximum atomic E-state index is 13.0. The van der Waals surface area contributed by atoms with Gasteiger partial charge >= 0.3 is 0 Å². The van der Waals surface area contributed by atoms with Crippen molar-refractivity contribution in [3.8, 4) is 5.75 Å². The van der Waals surface area contributed by atoms with Crippen molar-refractivity contribution in [2.45, 2.75) is 26.7 Å². The Morgan fingerprint density at radius 3 is 2.65 bits per heavy atom. The summed E-state index contributed by atoms with van der Waals surface area (Å²) in [5.41, 5.74) is 1.95. The first-order valence-corrected chi connectivity index (χ1v) is 9.31. The molecular weight excluding hydrogens is 347 g/mol. The van der Waals surface area contributed by atoms with Gasteiger partial charge in [0.05, 0.1) is 13.2 Å². The smallest absolute Gasteiger partial charge is 0.235 e. The van der Waals surface area contributed by atoms with Crippen LogP contribution in [0.25, 0.3) is 20.2 Å². The van der Waals surface area contributed by atoms with Crippen LogP contribution >= 0.6 is 11.3 Å². The van der Waals surface area contributed by atoms with E-state index < -0.39 is 5.87 Å². The molecule has 0 unspecified atom stereocenters. The van der Waals surface area contributed by atoms with Crippen LogP contribution in [0.3, 0.4) is 0 Å². The summed E-state index contributed by atoms with van der Waals surface area (Å²) in [5, 5.41) is 1.48. The average molecular weight is 366 g/mol. The Kier molecular flexibility index (Phi) is 5.62. The number of benzene rings is 2. The molecule has 0 aliphatic rings. The van der Waals surface area contributed by atoms with Crippen molar-refractivity contribution in [1.29, 1.82) is 0 Å². The highest BCUT2D eigenvalue weighted by Gasteiger charge is 2.14. The highest BCUT2D eigenvalue weighted by Crippen LogP contribution is 2.34. The summed E-state index contributed by atoms with van der Waals surface area (Å²) in [7, 11) is 4.92. The minimum Gasteiger partial charge on any atom is -0.493 e. The molecule has 0 spiro atoms. The van der Waals surface area contributed by atoms with Crippen molar-refractivity contribution < 1.29 is 14.3 Å². The quantitative estimate of drug-likeness (QED) is 0.366. The molecule has 0 bridgehead atoms. The lowest BCUT2D eigenvalue weighted by molar-refractivity contribution is 0.167. The highest BCUT2D eigenvalue weighted by atomic mass is 32.1. The van der Waals surface area contributed by atoms with Gasteiger partial charge in [0.25, 0.3) is 0 Å². The number of carbonyl (C=O) groups excluding carboxylic acids is 1. The minimum absolute atomic E-state index is 0.0512. The Hall–Kier alpha value is -2.34. The molecule has 0 amide bonds. The molecule has 0 aliphatic heterocycles. The van der Waals surface area contributed by atoms with Crippen LogP contribution < -0.4 is 10.2 Å². The first-order chi connectivity index (χ1) is 12.5. The number of hydrogen-bond acceptors (Lipinski definition) is 5. The van der Waals surface area contributed by atoms with E-state index in [0.717, 1.165) is 43.5 Å². The van der Waals surface area contributed by atoms with Gasteiger partial charge in [-0.2, -0.15) is 0 Å². The van der Waals surface area contributed by atoms with Gasteiger partial charge in [0, 0.05) is 25.7 Å². The van der Waals surface area contributed by atoms with Crippen LogP contribution in [0.4, 0.5) is 4.79 Å². The van der Waals surface area contributed by atoms with Crippen LogP contribution in [-0.2, 0) is 4.74 Å². The van der Waals surface area contributed by atoms with Crippen molar-refractivity contribution in [2.24, 2.45) is 0 Å². The zero-order chi connectivity index (χ0) is 18.7. The molecule has 26 heavy (non-hydrogen) atoms. The van der Waals surface area contributed by atoms with Gasteiger partial charge < -0.3 is 9.47 Å². The van der Waals surface area contributed by atoms with Gasteiger partial charge in [-0.15, -0.1) is 11.3 Å². The fourth-order valence-corrected chi connectivity index (χ4v) is 4.17. The van der Waals surface area contributed by atoms with Gasteiger partial charge in [0.2, 0.25) is 13.7 Å². The fourth-order valence-electron chi connectivity index (χ4n) is 2.96. The second-order valence-electron chi connectivity index (χ2n) is 6.17. The molecule has 6 heteroatoms. The third-order valence-electron chi connectivity index (χ3n) is 4.29. The van der Waals surface area contributed by atoms with E-state index in [9.17, 15) is 9.59 Å². The van der Waals surface area contributed by atoms with E-state index in [1.165, 1.54) is 0 Å². The Labute approximate surface area is 157 Å². The summed E-state index contributed by atoms with van der Waals surface area (Å²) in [6, 6.07) is 9.68. The topological polar surface area (TPSA) is 52.6 Å². The molecular formula is C20H19BO4S. The highest BCUT2D eigenvalue weighted by molar-refractivity contribution is 7.24. The summed E-state index contributed by atoms with van der Waals surface area (Å²) < 4.78 is 12.6. The molecule has 0 saturated heterocycles. The zero-order valence-electron chi connectivity index (χ0n) is 14.8. The van der Waals surface area contributed by atoms with Crippen molar-refractivity contribution >= 4 is 45.2 Å². The van der Waals surface area contributed by atoms with E-state index in [2.05, 4.69) is 0 Å². The molecule has 0 N–H and O–H groups in total. The maximum Gasteiger partial charge on any atom is 0.235 e. The lowest BCUT2D eigenvalue weighted by Gasteiger charge is -2.13. The van der Waals surface area contributed by atoms with E-state index in [1.807, 2.05) is 44.2 Å². The summed E-state index contributed by atoms with van der Waals surface area (Å²) in [5.74, 6) is -0.0335. The zero-order valence-corrected chi connectivity index (χ0v) is 15.7. The average Bonchev–Trinajstić information content (AvgIpc) is 2.61. The minimum atomic E-state index is -0.761. The van der Waals surface area contributed by atoms with Crippen LogP contribution in [0.1, 0.15) is 24.0 Å². The Balaban J connectivity index is 1.87. The van der Waals surface area contributed by atoms with Crippen molar-refractivity contribution in [3.05, 3.63) is 51.7 Å². The SMILES string of the molecule is [B]C(=O)OCCCCOc1cc(C)c2sc3ccccc3c(=O)c2c1C. The number of carbonyl (C=O) groups is 1. The predicted molar refractivity (Wildman–Crippen MR) is 107 cm³/mol. The summed E-state index contributed by atoms with van der Waals surface area (Å²) in [6.07, 6.45) is 1.41. The molecule has 0 fully saturated rings. The van der Waals surface area contributed by atoms with E-state index in [0.29, 0.717) is 13.0 Å². The fraction of sp³-hybridized carbons (Fsp3) is 0.300. The molecule has 3 aromatic rings. The van der Waals surface area contributed by atoms with E-state index in [1.54, 1.807) is 11.3 Å². The second-order valence-corrected chi connectivity index (χ2v) is 7.22. The first kappa shape index (κ1) is 18.5. The van der Waals surface area contributed by atoms with Crippen LogP contribution in [0.15, 0.2) is 35.1 Å². The number of unbranched alkanes of at least 4 members (excludes halogenated alkanes) is 1. The monoisotopic (exact) mass is 366 g/mol. The van der Waals surface area contributed by atoms with Crippen molar-refractivity contribution in [2.75, 3.05) is 13.2 Å². The number of rotatable bonds is 6. The Morgan fingerprint density at radius 1 is 1.15 bits per heavy atom. The van der Waals surface area contributed by atoms with Gasteiger partial charge in [-0.05, 0) is 50.5 Å². The maximum absolute atomic E-state index is 13.0. The lowest BCUT2D eigenvalue weighted by atomic mass is 10.0. The molecule has 1 aromatic heterocycles. The van der Waals surface area contributed by atoms with E-state index in [-0.39, 0.29) is 12.0 Å². The molecule has 3 rings (SSSR count). The predicted octanol–water partition coefficient (Wildman–Crippen LogP) is 4.50. The Morgan fingerprint density at radius 2 is 1.88 bits per heavy atom. The second kappa shape index (κ2) is 7.91. The molecule has 0 saturated carbocycles. The molecule has 0 atom stereocenters. The van der Waals surface area contributed by atoms with Crippen LogP contribution in [-0.4, -0.2) is 26.9 Å². The van der Waals surface area contributed by atoms with E-state index >= 15 is 0 Å². The summed E-state index contributed by atoms with van der Waals surface area (Å²) in [4.78, 5) is 23.5. The van der Waals surface area contributed by atoms with Gasteiger partial charge in [-0.25, -0.2) is 0 Å². The van der Waals surface area contributed by atoms with E-state index in [4.69, 9.17) is 17.3 Å². The van der Waals surface area contributed by atoms with Gasteiger partial charge in [-0.3, -0.25) is 9.59 Å². The summed E-state index contributed by atoms with van der Waals surface area (Å²) >= 11 is 1.64. The lowest BCUT2D eigenvalue weighted by Crippen LogP contribution is -2.07. The third-order valence-corrected chi connectivity index (χ3v) is 5.59. The van der Waals surface area contributed by atoms with Gasteiger partial charge in [0.1, 0.15) is 5.75 Å². The number of aryl methyl sites for hydroxylation is 2.